The number of aromatic nitrogens is 3. The zero-order valence-electron chi connectivity index (χ0n) is 15.5. The van der Waals surface area contributed by atoms with E-state index >= 15 is 0 Å². The topological polar surface area (TPSA) is 46.0 Å². The first-order valence-corrected chi connectivity index (χ1v) is 8.41. The van der Waals surface area contributed by atoms with E-state index in [4.69, 9.17) is 0 Å². The SMILES string of the molecule is Cc1cc(C)cc(Nc2nccc(-n3cc(C)c(CN(C)C)c3)n2)c1. The molecule has 0 aliphatic carbocycles. The van der Waals surface area contributed by atoms with Gasteiger partial charge in [0.25, 0.3) is 0 Å². The Hall–Kier alpha value is -2.66. The molecule has 3 aromatic rings. The van der Waals surface area contributed by atoms with E-state index in [2.05, 4.69) is 90.2 Å². The second-order valence-electron chi connectivity index (χ2n) is 6.85. The Morgan fingerprint density at radius 3 is 2.44 bits per heavy atom. The van der Waals surface area contributed by atoms with Gasteiger partial charge in [-0.25, -0.2) is 4.98 Å². The molecule has 0 radical (unpaired) electrons. The number of anilines is 2. The van der Waals surface area contributed by atoms with Crippen LogP contribution in [0.25, 0.3) is 5.82 Å². The maximum atomic E-state index is 4.66. The van der Waals surface area contributed by atoms with Gasteiger partial charge in [-0.2, -0.15) is 4.98 Å². The molecule has 1 N–H and O–H groups in total. The van der Waals surface area contributed by atoms with Crippen molar-refractivity contribution in [2.45, 2.75) is 27.3 Å². The molecule has 0 unspecified atom stereocenters. The van der Waals surface area contributed by atoms with E-state index in [-0.39, 0.29) is 0 Å². The third-order valence-electron chi connectivity index (χ3n) is 4.00. The van der Waals surface area contributed by atoms with E-state index in [1.807, 2.05) is 6.07 Å². The molecule has 2 heterocycles. The van der Waals surface area contributed by atoms with Crippen LogP contribution in [0.5, 0.6) is 0 Å². The lowest BCUT2D eigenvalue weighted by atomic mass is 10.1. The van der Waals surface area contributed by atoms with Gasteiger partial charge in [-0.15, -0.1) is 0 Å². The summed E-state index contributed by atoms with van der Waals surface area (Å²) in [6.45, 7) is 7.22. The van der Waals surface area contributed by atoms with Crippen molar-refractivity contribution < 1.29 is 0 Å². The minimum Gasteiger partial charge on any atom is -0.324 e. The number of rotatable bonds is 5. The lowest BCUT2D eigenvalue weighted by molar-refractivity contribution is 0.401. The molecule has 0 spiro atoms. The molecule has 5 heteroatoms. The lowest BCUT2D eigenvalue weighted by Gasteiger charge is -2.09. The van der Waals surface area contributed by atoms with E-state index in [1.54, 1.807) is 6.20 Å². The van der Waals surface area contributed by atoms with Crippen LogP contribution in [0.4, 0.5) is 11.6 Å². The molecule has 0 saturated heterocycles. The van der Waals surface area contributed by atoms with Crippen molar-refractivity contribution in [3.05, 3.63) is 65.1 Å². The van der Waals surface area contributed by atoms with Gasteiger partial charge in [0, 0.05) is 30.8 Å². The van der Waals surface area contributed by atoms with Gasteiger partial charge in [-0.3, -0.25) is 0 Å². The first-order chi connectivity index (χ1) is 11.9. The van der Waals surface area contributed by atoms with Crippen molar-refractivity contribution in [2.75, 3.05) is 19.4 Å². The molecule has 0 atom stereocenters. The van der Waals surface area contributed by atoms with Crippen molar-refractivity contribution >= 4 is 11.6 Å². The van der Waals surface area contributed by atoms with Crippen LogP contribution < -0.4 is 5.32 Å². The maximum Gasteiger partial charge on any atom is 0.229 e. The number of aryl methyl sites for hydroxylation is 3. The average molecular weight is 335 g/mol. The van der Waals surface area contributed by atoms with Crippen molar-refractivity contribution in [3.8, 4) is 5.82 Å². The minimum absolute atomic E-state index is 0.600. The Balaban J connectivity index is 1.86. The van der Waals surface area contributed by atoms with Crippen LogP contribution in [0.15, 0.2) is 42.9 Å². The molecule has 0 bridgehead atoms. The van der Waals surface area contributed by atoms with Crippen molar-refractivity contribution in [1.29, 1.82) is 0 Å². The fourth-order valence-electron chi connectivity index (χ4n) is 2.97. The molecular formula is C20H25N5. The second-order valence-corrected chi connectivity index (χ2v) is 6.85. The highest BCUT2D eigenvalue weighted by atomic mass is 15.2. The van der Waals surface area contributed by atoms with Crippen LogP contribution in [0.3, 0.4) is 0 Å². The second kappa shape index (κ2) is 7.07. The number of hydrogen-bond acceptors (Lipinski definition) is 4. The zero-order chi connectivity index (χ0) is 18.0. The van der Waals surface area contributed by atoms with Crippen LogP contribution in [0.1, 0.15) is 22.3 Å². The van der Waals surface area contributed by atoms with Gasteiger partial charge in [-0.1, -0.05) is 6.07 Å². The predicted octanol–water partition coefficient (Wildman–Crippen LogP) is 4.00. The van der Waals surface area contributed by atoms with Crippen LogP contribution in [0.2, 0.25) is 0 Å². The first-order valence-electron chi connectivity index (χ1n) is 8.41. The zero-order valence-corrected chi connectivity index (χ0v) is 15.5. The quantitative estimate of drug-likeness (QED) is 0.765. The highest BCUT2D eigenvalue weighted by molar-refractivity contribution is 5.56. The Kier molecular flexibility index (Phi) is 4.86. The summed E-state index contributed by atoms with van der Waals surface area (Å²) in [5, 5.41) is 3.31. The number of hydrogen-bond donors (Lipinski definition) is 1. The van der Waals surface area contributed by atoms with Gasteiger partial charge in [0.1, 0.15) is 5.82 Å². The van der Waals surface area contributed by atoms with Crippen molar-refractivity contribution in [1.82, 2.24) is 19.4 Å². The third-order valence-corrected chi connectivity index (χ3v) is 4.00. The highest BCUT2D eigenvalue weighted by Gasteiger charge is 2.08. The van der Waals surface area contributed by atoms with Crippen LogP contribution >= 0.6 is 0 Å². The molecule has 25 heavy (non-hydrogen) atoms. The summed E-state index contributed by atoms with van der Waals surface area (Å²) < 4.78 is 2.06. The normalized spacial score (nSPS) is 11.1. The van der Waals surface area contributed by atoms with Crippen molar-refractivity contribution in [2.24, 2.45) is 0 Å². The van der Waals surface area contributed by atoms with Crippen LogP contribution in [-0.4, -0.2) is 33.5 Å². The summed E-state index contributed by atoms with van der Waals surface area (Å²) in [4.78, 5) is 11.2. The molecule has 0 aliphatic heterocycles. The summed E-state index contributed by atoms with van der Waals surface area (Å²) in [6.07, 6.45) is 6.04. The molecule has 0 fully saturated rings. The fourth-order valence-corrected chi connectivity index (χ4v) is 2.97. The van der Waals surface area contributed by atoms with E-state index in [0.717, 1.165) is 18.1 Å². The first kappa shape index (κ1) is 17.2. The molecule has 130 valence electrons. The molecule has 0 aliphatic rings. The molecule has 0 saturated carbocycles. The Bertz CT molecular complexity index is 859. The van der Waals surface area contributed by atoms with Gasteiger partial charge in [0.05, 0.1) is 0 Å². The third kappa shape index (κ3) is 4.25. The standard InChI is InChI=1S/C20H25N5/c1-14-8-15(2)10-18(9-14)22-20-21-7-6-19(23-20)25-11-16(3)17(13-25)12-24(4)5/h6-11,13H,12H2,1-5H3,(H,21,22,23). The summed E-state index contributed by atoms with van der Waals surface area (Å²) in [5.74, 6) is 1.46. The summed E-state index contributed by atoms with van der Waals surface area (Å²) >= 11 is 0. The highest BCUT2D eigenvalue weighted by Crippen LogP contribution is 2.19. The van der Waals surface area contributed by atoms with Crippen LogP contribution in [-0.2, 0) is 6.54 Å². The maximum absolute atomic E-state index is 4.66. The Morgan fingerprint density at radius 2 is 1.76 bits per heavy atom. The van der Waals surface area contributed by atoms with E-state index < -0.39 is 0 Å². The van der Waals surface area contributed by atoms with Crippen LogP contribution in [0, 0.1) is 20.8 Å². The van der Waals surface area contributed by atoms with Gasteiger partial charge in [-0.05, 0) is 75.3 Å². The average Bonchev–Trinajstić information content (AvgIpc) is 2.87. The van der Waals surface area contributed by atoms with Gasteiger partial charge >= 0.3 is 0 Å². The molecule has 2 aromatic heterocycles. The number of nitrogens with zero attached hydrogens (tertiary/aromatic N) is 4. The molecular weight excluding hydrogens is 310 g/mol. The van der Waals surface area contributed by atoms with Crippen molar-refractivity contribution in [3.63, 3.8) is 0 Å². The summed E-state index contributed by atoms with van der Waals surface area (Å²) in [5.41, 5.74) is 6.00. The summed E-state index contributed by atoms with van der Waals surface area (Å²) in [6, 6.07) is 8.26. The Morgan fingerprint density at radius 1 is 1.04 bits per heavy atom. The van der Waals surface area contributed by atoms with Gasteiger partial charge in [0.2, 0.25) is 5.95 Å². The van der Waals surface area contributed by atoms with E-state index in [1.165, 1.54) is 22.3 Å². The lowest BCUT2D eigenvalue weighted by Crippen LogP contribution is -2.10. The minimum atomic E-state index is 0.600. The molecule has 3 rings (SSSR count). The fraction of sp³-hybridized carbons (Fsp3) is 0.300. The van der Waals surface area contributed by atoms with Gasteiger partial charge < -0.3 is 14.8 Å². The van der Waals surface area contributed by atoms with E-state index in [9.17, 15) is 0 Å². The van der Waals surface area contributed by atoms with Gasteiger partial charge in [0.15, 0.2) is 0 Å². The summed E-state index contributed by atoms with van der Waals surface area (Å²) in [7, 11) is 4.15. The van der Waals surface area contributed by atoms with E-state index in [0.29, 0.717) is 5.95 Å². The molecule has 0 amide bonds. The largest absolute Gasteiger partial charge is 0.324 e. The smallest absolute Gasteiger partial charge is 0.229 e. The predicted molar refractivity (Wildman–Crippen MR) is 103 cm³/mol. The Labute approximate surface area is 149 Å². The molecule has 5 nitrogen and oxygen atoms in total. The number of nitrogens with one attached hydrogen (secondary N) is 1. The molecule has 1 aromatic carbocycles. The number of benzene rings is 1. The monoisotopic (exact) mass is 335 g/mol.